The second-order valence-corrected chi connectivity index (χ2v) is 7.23. The zero-order chi connectivity index (χ0) is 19.5. The topological polar surface area (TPSA) is 102 Å². The van der Waals surface area contributed by atoms with E-state index >= 15 is 0 Å². The summed E-state index contributed by atoms with van der Waals surface area (Å²) >= 11 is 0. The summed E-state index contributed by atoms with van der Waals surface area (Å²) in [5.41, 5.74) is 4.00. The van der Waals surface area contributed by atoms with Gasteiger partial charge < -0.3 is 10.1 Å². The minimum Gasteiger partial charge on any atom is -0.477 e. The van der Waals surface area contributed by atoms with Crippen LogP contribution >= 0.6 is 0 Å². The molecule has 4 heterocycles. The molecule has 0 bridgehead atoms. The van der Waals surface area contributed by atoms with Crippen LogP contribution in [0.2, 0.25) is 0 Å². The molecule has 8 nitrogen and oxygen atoms in total. The van der Waals surface area contributed by atoms with E-state index in [4.69, 9.17) is 4.74 Å². The van der Waals surface area contributed by atoms with Crippen LogP contribution in [-0.4, -0.2) is 44.7 Å². The second-order valence-electron chi connectivity index (χ2n) is 7.23. The predicted octanol–water partition coefficient (Wildman–Crippen LogP) is 2.37. The Bertz CT molecular complexity index is 1030. The van der Waals surface area contributed by atoms with Crippen LogP contribution in [0.15, 0.2) is 18.3 Å². The van der Waals surface area contributed by atoms with E-state index in [0.29, 0.717) is 23.7 Å². The monoisotopic (exact) mass is 377 g/mol. The number of aromatic nitrogens is 5. The molecule has 0 unspecified atom stereocenters. The number of rotatable bonds is 5. The molecular formula is C20H23N7O. The van der Waals surface area contributed by atoms with Gasteiger partial charge in [-0.15, -0.1) is 5.10 Å². The highest BCUT2D eigenvalue weighted by Gasteiger charge is 2.15. The lowest BCUT2D eigenvalue weighted by atomic mass is 9.95. The molecule has 0 radical (unpaired) electrons. The third-order valence-electron chi connectivity index (χ3n) is 5.26. The fraction of sp³-hybridized carbons (Fsp3) is 0.450. The van der Waals surface area contributed by atoms with Crippen molar-refractivity contribution in [3.63, 3.8) is 0 Å². The van der Waals surface area contributed by atoms with E-state index in [0.717, 1.165) is 42.1 Å². The van der Waals surface area contributed by atoms with Crippen LogP contribution in [0.1, 0.15) is 30.5 Å². The molecule has 0 spiro atoms. The van der Waals surface area contributed by atoms with Gasteiger partial charge in [-0.2, -0.15) is 5.26 Å². The highest BCUT2D eigenvalue weighted by molar-refractivity contribution is 5.83. The number of piperidine rings is 1. The highest BCUT2D eigenvalue weighted by atomic mass is 16.5. The molecule has 8 heteroatoms. The van der Waals surface area contributed by atoms with Crippen molar-refractivity contribution < 1.29 is 4.74 Å². The van der Waals surface area contributed by atoms with Crippen LogP contribution in [0.3, 0.4) is 0 Å². The van der Waals surface area contributed by atoms with Crippen molar-refractivity contribution in [1.29, 1.82) is 5.26 Å². The summed E-state index contributed by atoms with van der Waals surface area (Å²) in [6.07, 6.45) is 5.23. The fourth-order valence-electron chi connectivity index (χ4n) is 3.60. The molecule has 1 fully saturated rings. The molecule has 28 heavy (non-hydrogen) atoms. The number of ether oxygens (including phenoxy) is 1. The van der Waals surface area contributed by atoms with Gasteiger partial charge in [-0.05, 0) is 57.3 Å². The molecule has 1 saturated heterocycles. The summed E-state index contributed by atoms with van der Waals surface area (Å²) in [7, 11) is 1.79. The lowest BCUT2D eigenvalue weighted by Gasteiger charge is -2.22. The molecule has 0 saturated carbocycles. The van der Waals surface area contributed by atoms with Crippen LogP contribution < -0.4 is 10.1 Å². The first-order chi connectivity index (χ1) is 13.7. The van der Waals surface area contributed by atoms with Gasteiger partial charge in [-0.1, -0.05) is 5.21 Å². The van der Waals surface area contributed by atoms with Gasteiger partial charge in [-0.25, -0.2) is 14.6 Å². The van der Waals surface area contributed by atoms with E-state index in [1.807, 2.05) is 19.1 Å². The van der Waals surface area contributed by atoms with Gasteiger partial charge in [0.1, 0.15) is 11.6 Å². The molecule has 3 aromatic rings. The van der Waals surface area contributed by atoms with E-state index in [1.54, 1.807) is 17.9 Å². The summed E-state index contributed by atoms with van der Waals surface area (Å²) in [5, 5.41) is 20.8. The molecule has 1 aliphatic heterocycles. The molecule has 4 rings (SSSR count). The van der Waals surface area contributed by atoms with Crippen molar-refractivity contribution in [3.8, 4) is 23.2 Å². The van der Waals surface area contributed by atoms with Crippen LogP contribution in [0, 0.1) is 24.2 Å². The molecule has 0 atom stereocenters. The molecule has 1 N–H and O–H groups in total. The molecule has 1 aliphatic rings. The van der Waals surface area contributed by atoms with Crippen LogP contribution in [0.4, 0.5) is 0 Å². The maximum Gasteiger partial charge on any atom is 0.216 e. The number of aryl methyl sites for hydroxylation is 2. The summed E-state index contributed by atoms with van der Waals surface area (Å²) in [6, 6.07) is 5.97. The standard InChI is InChI=1S/C20H23N7O/c1-13-9-15(12-23-20(13)28-8-5-14-3-6-22-7-4-14)16-10-18-19(17(11-21)24-16)25-26-27(18)2/h9-10,12,14,22H,3-8H2,1-2H3. The molecule has 0 amide bonds. The van der Waals surface area contributed by atoms with Crippen LogP contribution in [0.5, 0.6) is 5.88 Å². The fourth-order valence-corrected chi connectivity index (χ4v) is 3.60. The van der Waals surface area contributed by atoms with Crippen molar-refractivity contribution in [2.24, 2.45) is 13.0 Å². The molecule has 0 aliphatic carbocycles. The number of pyridine rings is 2. The van der Waals surface area contributed by atoms with Crippen molar-refractivity contribution in [2.45, 2.75) is 26.2 Å². The van der Waals surface area contributed by atoms with E-state index in [2.05, 4.69) is 31.7 Å². The number of fused-ring (bicyclic) bond motifs is 1. The van der Waals surface area contributed by atoms with Gasteiger partial charge in [-0.3, -0.25) is 0 Å². The second kappa shape index (κ2) is 7.90. The summed E-state index contributed by atoms with van der Waals surface area (Å²) in [5.74, 6) is 1.38. The SMILES string of the molecule is Cc1cc(-c2cc3c(nnn3C)c(C#N)n2)cnc1OCCC1CCNCC1. The number of nitrogens with one attached hydrogen (secondary N) is 1. The quantitative estimate of drug-likeness (QED) is 0.728. The van der Waals surface area contributed by atoms with Gasteiger partial charge in [0.15, 0.2) is 5.69 Å². The Labute approximate surface area is 163 Å². The average molecular weight is 377 g/mol. The molecule has 144 valence electrons. The van der Waals surface area contributed by atoms with Crippen molar-refractivity contribution in [3.05, 3.63) is 29.6 Å². The Morgan fingerprint density at radius 2 is 2.14 bits per heavy atom. The van der Waals surface area contributed by atoms with Gasteiger partial charge in [0, 0.05) is 24.4 Å². The summed E-state index contributed by atoms with van der Waals surface area (Å²) < 4.78 is 7.56. The number of nitrogens with zero attached hydrogens (tertiary/aromatic N) is 6. The lowest BCUT2D eigenvalue weighted by molar-refractivity contribution is 0.244. The van der Waals surface area contributed by atoms with Crippen LogP contribution in [-0.2, 0) is 7.05 Å². The van der Waals surface area contributed by atoms with Gasteiger partial charge in [0.25, 0.3) is 0 Å². The van der Waals surface area contributed by atoms with Gasteiger partial charge in [0.05, 0.1) is 17.8 Å². The third-order valence-corrected chi connectivity index (χ3v) is 5.26. The first kappa shape index (κ1) is 18.3. The van der Waals surface area contributed by atoms with Gasteiger partial charge >= 0.3 is 0 Å². The number of nitriles is 1. The maximum absolute atomic E-state index is 9.39. The number of hydrogen-bond acceptors (Lipinski definition) is 7. The summed E-state index contributed by atoms with van der Waals surface area (Å²) in [6.45, 7) is 4.86. The van der Waals surface area contributed by atoms with E-state index in [-0.39, 0.29) is 5.69 Å². The van der Waals surface area contributed by atoms with E-state index < -0.39 is 0 Å². The van der Waals surface area contributed by atoms with E-state index in [9.17, 15) is 5.26 Å². The highest BCUT2D eigenvalue weighted by Crippen LogP contribution is 2.26. The Morgan fingerprint density at radius 3 is 2.89 bits per heavy atom. The molecule has 3 aromatic heterocycles. The average Bonchev–Trinajstić information content (AvgIpc) is 3.10. The minimum atomic E-state index is 0.264. The van der Waals surface area contributed by atoms with E-state index in [1.165, 1.54) is 12.8 Å². The number of hydrogen-bond donors (Lipinski definition) is 1. The van der Waals surface area contributed by atoms with Crippen LogP contribution in [0.25, 0.3) is 22.3 Å². The van der Waals surface area contributed by atoms with Crippen molar-refractivity contribution in [1.82, 2.24) is 30.3 Å². The minimum absolute atomic E-state index is 0.264. The Hall–Kier alpha value is -3.05. The third kappa shape index (κ3) is 3.66. The van der Waals surface area contributed by atoms with Gasteiger partial charge in [0.2, 0.25) is 5.88 Å². The first-order valence-electron chi connectivity index (χ1n) is 9.57. The maximum atomic E-state index is 9.39. The normalized spacial score (nSPS) is 14.9. The zero-order valence-electron chi connectivity index (χ0n) is 16.1. The Morgan fingerprint density at radius 1 is 1.32 bits per heavy atom. The van der Waals surface area contributed by atoms with Crippen molar-refractivity contribution in [2.75, 3.05) is 19.7 Å². The zero-order valence-corrected chi connectivity index (χ0v) is 16.1. The largest absolute Gasteiger partial charge is 0.477 e. The van der Waals surface area contributed by atoms with Crippen molar-refractivity contribution >= 4 is 11.0 Å². The lowest BCUT2D eigenvalue weighted by Crippen LogP contribution is -2.28. The smallest absolute Gasteiger partial charge is 0.216 e. The summed E-state index contributed by atoms with van der Waals surface area (Å²) in [4.78, 5) is 8.92. The Kier molecular flexibility index (Phi) is 5.17. The Balaban J connectivity index is 1.52. The molecule has 0 aromatic carbocycles. The molecular weight excluding hydrogens is 354 g/mol. The predicted molar refractivity (Wildman–Crippen MR) is 105 cm³/mol. The first-order valence-corrected chi connectivity index (χ1v) is 9.57.